The molecule has 29 heavy (non-hydrogen) atoms. The summed E-state index contributed by atoms with van der Waals surface area (Å²) in [4.78, 5) is 24.2. The molecule has 0 saturated carbocycles. The van der Waals surface area contributed by atoms with E-state index in [4.69, 9.17) is 25.8 Å². The lowest BCUT2D eigenvalue weighted by atomic mass is 10.1. The molecule has 0 radical (unpaired) electrons. The van der Waals surface area contributed by atoms with Gasteiger partial charge in [-0.3, -0.25) is 4.79 Å². The fourth-order valence-corrected chi connectivity index (χ4v) is 2.99. The standard InChI is InChI=1S/C22H26ClNO5/c1-5-28-22(26)16-12-17(23)18(13-20(16)27-4)24-21(25)7-6-10-29-19-9-8-14(2)11-15(19)3/h8-9,11-13H,5-7,10H2,1-4H3,(H,24,25). The molecule has 156 valence electrons. The average molecular weight is 420 g/mol. The minimum Gasteiger partial charge on any atom is -0.496 e. The van der Waals surface area contributed by atoms with Crippen molar-refractivity contribution in [3.63, 3.8) is 0 Å². The Morgan fingerprint density at radius 1 is 1.10 bits per heavy atom. The number of ether oxygens (including phenoxy) is 3. The zero-order valence-corrected chi connectivity index (χ0v) is 17.9. The van der Waals surface area contributed by atoms with Crippen LogP contribution in [0.25, 0.3) is 0 Å². The highest BCUT2D eigenvalue weighted by Crippen LogP contribution is 2.31. The number of carbonyl (C=O) groups excluding carboxylic acids is 2. The maximum atomic E-state index is 12.3. The third kappa shape index (κ3) is 6.39. The summed E-state index contributed by atoms with van der Waals surface area (Å²) in [6.45, 7) is 6.40. The zero-order chi connectivity index (χ0) is 21.4. The second kappa shape index (κ2) is 10.7. The number of anilines is 1. The van der Waals surface area contributed by atoms with E-state index in [1.807, 2.05) is 26.0 Å². The van der Waals surface area contributed by atoms with Gasteiger partial charge >= 0.3 is 5.97 Å². The molecule has 0 atom stereocenters. The Labute approximate surface area is 176 Å². The topological polar surface area (TPSA) is 73.9 Å². The molecule has 0 heterocycles. The van der Waals surface area contributed by atoms with Gasteiger partial charge in [-0.05, 0) is 44.9 Å². The Hall–Kier alpha value is -2.73. The van der Waals surface area contributed by atoms with Crippen LogP contribution in [0.4, 0.5) is 5.69 Å². The fourth-order valence-electron chi connectivity index (χ4n) is 2.78. The van der Waals surface area contributed by atoms with Crippen molar-refractivity contribution in [2.45, 2.75) is 33.6 Å². The van der Waals surface area contributed by atoms with Crippen LogP contribution in [-0.2, 0) is 9.53 Å². The van der Waals surface area contributed by atoms with E-state index in [-0.39, 0.29) is 35.3 Å². The van der Waals surface area contributed by atoms with Gasteiger partial charge in [-0.2, -0.15) is 0 Å². The van der Waals surface area contributed by atoms with Crippen molar-refractivity contribution in [1.82, 2.24) is 0 Å². The van der Waals surface area contributed by atoms with Crippen molar-refractivity contribution in [3.05, 3.63) is 52.0 Å². The lowest BCUT2D eigenvalue weighted by molar-refractivity contribution is -0.116. The zero-order valence-electron chi connectivity index (χ0n) is 17.1. The number of rotatable bonds is 9. The monoisotopic (exact) mass is 419 g/mol. The summed E-state index contributed by atoms with van der Waals surface area (Å²) in [5, 5.41) is 2.97. The van der Waals surface area contributed by atoms with Gasteiger partial charge in [0, 0.05) is 12.5 Å². The third-order valence-corrected chi connectivity index (χ3v) is 4.51. The Kier molecular flexibility index (Phi) is 8.34. The van der Waals surface area contributed by atoms with E-state index in [9.17, 15) is 9.59 Å². The van der Waals surface area contributed by atoms with E-state index >= 15 is 0 Å². The average Bonchev–Trinajstić information content (AvgIpc) is 2.68. The van der Waals surface area contributed by atoms with E-state index in [1.165, 1.54) is 24.8 Å². The molecule has 0 aromatic heterocycles. The first kappa shape index (κ1) is 22.6. The highest BCUT2D eigenvalue weighted by atomic mass is 35.5. The van der Waals surface area contributed by atoms with Crippen LogP contribution >= 0.6 is 11.6 Å². The van der Waals surface area contributed by atoms with E-state index in [0.29, 0.717) is 18.7 Å². The minimum atomic E-state index is -0.535. The van der Waals surface area contributed by atoms with Crippen LogP contribution in [0.3, 0.4) is 0 Å². The molecular weight excluding hydrogens is 394 g/mol. The van der Waals surface area contributed by atoms with Crippen LogP contribution in [0, 0.1) is 13.8 Å². The number of hydrogen-bond donors (Lipinski definition) is 1. The van der Waals surface area contributed by atoms with E-state index in [1.54, 1.807) is 6.92 Å². The van der Waals surface area contributed by atoms with Gasteiger partial charge in [-0.1, -0.05) is 29.3 Å². The summed E-state index contributed by atoms with van der Waals surface area (Å²) in [7, 11) is 1.43. The van der Waals surface area contributed by atoms with Gasteiger partial charge in [0.25, 0.3) is 0 Å². The summed E-state index contributed by atoms with van der Waals surface area (Å²) < 4.78 is 16.0. The number of benzene rings is 2. The second-order valence-electron chi connectivity index (χ2n) is 6.52. The molecule has 0 fully saturated rings. The number of halogens is 1. The SMILES string of the molecule is CCOC(=O)c1cc(Cl)c(NC(=O)CCCOc2ccc(C)cc2C)cc1OC. The molecule has 6 nitrogen and oxygen atoms in total. The number of carbonyl (C=O) groups is 2. The van der Waals surface area contributed by atoms with Gasteiger partial charge in [0.15, 0.2) is 0 Å². The maximum Gasteiger partial charge on any atom is 0.341 e. The number of esters is 1. The van der Waals surface area contributed by atoms with Crippen LogP contribution in [0.1, 0.15) is 41.3 Å². The van der Waals surface area contributed by atoms with Crippen molar-refractivity contribution < 1.29 is 23.8 Å². The van der Waals surface area contributed by atoms with E-state index < -0.39 is 5.97 Å². The molecule has 0 spiro atoms. The largest absolute Gasteiger partial charge is 0.496 e. The molecule has 0 bridgehead atoms. The van der Waals surface area contributed by atoms with Crippen molar-refractivity contribution >= 4 is 29.2 Å². The number of hydrogen-bond acceptors (Lipinski definition) is 5. The number of methoxy groups -OCH3 is 1. The molecule has 0 aliphatic rings. The van der Waals surface area contributed by atoms with E-state index in [2.05, 4.69) is 11.4 Å². The van der Waals surface area contributed by atoms with Gasteiger partial charge < -0.3 is 19.5 Å². The van der Waals surface area contributed by atoms with Crippen LogP contribution < -0.4 is 14.8 Å². The highest BCUT2D eigenvalue weighted by Gasteiger charge is 2.18. The Balaban J connectivity index is 1.92. The first-order chi connectivity index (χ1) is 13.8. The summed E-state index contributed by atoms with van der Waals surface area (Å²) in [5.74, 6) is 0.356. The number of amides is 1. The van der Waals surface area contributed by atoms with E-state index in [0.717, 1.165) is 11.3 Å². The Morgan fingerprint density at radius 2 is 1.86 bits per heavy atom. The Morgan fingerprint density at radius 3 is 2.52 bits per heavy atom. The van der Waals surface area contributed by atoms with Crippen LogP contribution in [-0.4, -0.2) is 32.2 Å². The van der Waals surface area contributed by atoms with Gasteiger partial charge in [0.2, 0.25) is 5.91 Å². The molecule has 0 aliphatic carbocycles. The van der Waals surface area contributed by atoms with Crippen molar-refractivity contribution in [1.29, 1.82) is 0 Å². The third-order valence-electron chi connectivity index (χ3n) is 4.19. The quantitative estimate of drug-likeness (QED) is 0.460. The molecule has 1 amide bonds. The molecule has 0 aliphatic heterocycles. The second-order valence-corrected chi connectivity index (χ2v) is 6.93. The van der Waals surface area contributed by atoms with Gasteiger partial charge in [0.05, 0.1) is 31.0 Å². The van der Waals surface area contributed by atoms with Crippen molar-refractivity contribution in [2.75, 3.05) is 25.6 Å². The highest BCUT2D eigenvalue weighted by molar-refractivity contribution is 6.34. The number of nitrogens with one attached hydrogen (secondary N) is 1. The van der Waals surface area contributed by atoms with Gasteiger partial charge in [-0.15, -0.1) is 0 Å². The van der Waals surface area contributed by atoms with Gasteiger partial charge in [0.1, 0.15) is 17.1 Å². The molecular formula is C22H26ClNO5. The summed E-state index contributed by atoms with van der Waals surface area (Å²) in [6, 6.07) is 8.92. The first-order valence-electron chi connectivity index (χ1n) is 9.40. The number of aryl methyl sites for hydroxylation is 2. The molecule has 2 aromatic carbocycles. The molecule has 2 aromatic rings. The molecule has 7 heteroatoms. The van der Waals surface area contributed by atoms with Crippen molar-refractivity contribution in [2.24, 2.45) is 0 Å². The summed E-state index contributed by atoms with van der Waals surface area (Å²) in [6.07, 6.45) is 0.817. The smallest absolute Gasteiger partial charge is 0.341 e. The van der Waals surface area contributed by atoms with Crippen LogP contribution in [0.2, 0.25) is 5.02 Å². The lowest BCUT2D eigenvalue weighted by Gasteiger charge is -2.13. The molecule has 0 saturated heterocycles. The summed E-state index contributed by atoms with van der Waals surface area (Å²) in [5.41, 5.74) is 2.82. The molecule has 1 N–H and O–H groups in total. The van der Waals surface area contributed by atoms with Gasteiger partial charge in [-0.25, -0.2) is 4.79 Å². The Bertz CT molecular complexity index is 882. The van der Waals surface area contributed by atoms with Crippen molar-refractivity contribution in [3.8, 4) is 11.5 Å². The summed E-state index contributed by atoms with van der Waals surface area (Å²) >= 11 is 6.22. The molecule has 0 unspecified atom stereocenters. The van der Waals surface area contributed by atoms with Crippen LogP contribution in [0.5, 0.6) is 11.5 Å². The van der Waals surface area contributed by atoms with Crippen LogP contribution in [0.15, 0.2) is 30.3 Å². The normalized spacial score (nSPS) is 10.4. The lowest BCUT2D eigenvalue weighted by Crippen LogP contribution is -2.14. The fraction of sp³-hybridized carbons (Fsp3) is 0.364. The predicted octanol–water partition coefficient (Wildman–Crippen LogP) is 4.94. The molecule has 2 rings (SSSR count). The minimum absolute atomic E-state index is 0.206. The predicted molar refractivity (Wildman–Crippen MR) is 113 cm³/mol. The maximum absolute atomic E-state index is 12.3. The first-order valence-corrected chi connectivity index (χ1v) is 9.78.